The molecule has 0 amide bonds. The van der Waals surface area contributed by atoms with Crippen LogP contribution in [-0.4, -0.2) is 0 Å². The van der Waals surface area contributed by atoms with Crippen LogP contribution >= 0.6 is 0 Å². The van der Waals surface area contributed by atoms with Gasteiger partial charge in [0.25, 0.3) is 0 Å². The molecule has 0 radical (unpaired) electrons. The van der Waals surface area contributed by atoms with Crippen LogP contribution in [0.2, 0.25) is 0 Å². The van der Waals surface area contributed by atoms with Gasteiger partial charge in [-0.2, -0.15) is 0 Å². The SMILES string of the molecule is Cc1c(C)c(-c2ccccc2)c2cc3c(cc2c1-c1ccccc1)C1=CC=CC2C(c4ccccc4C(C)(C)C)=CC=C3C12. The first-order chi connectivity index (χ1) is 21.3. The molecule has 5 aromatic carbocycles. The zero-order valence-corrected chi connectivity index (χ0v) is 26.3. The van der Waals surface area contributed by atoms with E-state index in [2.05, 4.69) is 162 Å². The Balaban J connectivity index is 1.41. The quantitative estimate of drug-likeness (QED) is 0.204. The second kappa shape index (κ2) is 9.93. The maximum atomic E-state index is 2.52. The van der Waals surface area contributed by atoms with Crippen molar-refractivity contribution in [2.75, 3.05) is 0 Å². The largest absolute Gasteiger partial charge is 0.0760 e. The number of hydrogen-bond donors (Lipinski definition) is 0. The van der Waals surface area contributed by atoms with Crippen LogP contribution in [0.15, 0.2) is 127 Å². The summed E-state index contributed by atoms with van der Waals surface area (Å²) in [5.41, 5.74) is 18.0. The molecule has 0 heterocycles. The highest BCUT2D eigenvalue weighted by Gasteiger charge is 2.41. The van der Waals surface area contributed by atoms with Gasteiger partial charge >= 0.3 is 0 Å². The molecule has 3 aliphatic rings. The molecule has 8 rings (SSSR count). The summed E-state index contributed by atoms with van der Waals surface area (Å²) in [5, 5.41) is 2.68. The van der Waals surface area contributed by atoms with E-state index in [1.807, 2.05) is 0 Å². The Morgan fingerprint density at radius 3 is 1.59 bits per heavy atom. The molecule has 0 fully saturated rings. The van der Waals surface area contributed by atoms with E-state index in [0.29, 0.717) is 11.8 Å². The van der Waals surface area contributed by atoms with Crippen LogP contribution in [0.4, 0.5) is 0 Å². The van der Waals surface area contributed by atoms with E-state index in [9.17, 15) is 0 Å². The van der Waals surface area contributed by atoms with E-state index in [1.165, 1.54) is 83.1 Å². The Morgan fingerprint density at radius 1 is 0.523 bits per heavy atom. The maximum Gasteiger partial charge on any atom is 0.0205 e. The lowest BCUT2D eigenvalue weighted by Crippen LogP contribution is -2.21. The monoisotopic (exact) mass is 566 g/mol. The van der Waals surface area contributed by atoms with Crippen LogP contribution in [-0.2, 0) is 5.41 Å². The summed E-state index contributed by atoms with van der Waals surface area (Å²) in [6.07, 6.45) is 12.0. The molecule has 3 aliphatic carbocycles. The van der Waals surface area contributed by atoms with E-state index in [0.717, 1.165) is 0 Å². The standard InChI is InChI=1S/C44H38/c1-27-28(2)42(30-17-10-7-11-18-30)39-26-37-35-24-23-31(32-19-12-13-22-40(32)44(3,4)5)33-20-14-21-34(43(33)35)36(37)25-38(39)41(27)29-15-8-6-9-16-29/h6-26,33,43H,1-5H3. The van der Waals surface area contributed by atoms with Gasteiger partial charge in [0.2, 0.25) is 0 Å². The maximum absolute atomic E-state index is 2.52. The van der Waals surface area contributed by atoms with Gasteiger partial charge in [0, 0.05) is 11.8 Å². The molecule has 0 saturated carbocycles. The summed E-state index contributed by atoms with van der Waals surface area (Å²) in [6.45, 7) is 11.6. The van der Waals surface area contributed by atoms with Gasteiger partial charge in [0.15, 0.2) is 0 Å². The molecule has 44 heavy (non-hydrogen) atoms. The fourth-order valence-corrected chi connectivity index (χ4v) is 8.12. The molecule has 2 atom stereocenters. The Bertz CT molecular complexity index is 2090. The summed E-state index contributed by atoms with van der Waals surface area (Å²) < 4.78 is 0. The summed E-state index contributed by atoms with van der Waals surface area (Å²) in [6, 6.07) is 36.0. The van der Waals surface area contributed by atoms with E-state index >= 15 is 0 Å². The lowest BCUT2D eigenvalue weighted by molar-refractivity contribution is 0.586. The van der Waals surface area contributed by atoms with Crippen LogP contribution in [0.1, 0.15) is 54.2 Å². The van der Waals surface area contributed by atoms with Gasteiger partial charge in [-0.15, -0.1) is 0 Å². The number of fused-ring (bicyclic) bond motifs is 4. The highest BCUT2D eigenvalue weighted by atomic mass is 14.4. The zero-order chi connectivity index (χ0) is 30.2. The first-order valence-electron chi connectivity index (χ1n) is 16.0. The van der Waals surface area contributed by atoms with Crippen molar-refractivity contribution in [2.24, 2.45) is 11.8 Å². The molecule has 0 aromatic heterocycles. The van der Waals surface area contributed by atoms with Crippen LogP contribution in [0, 0.1) is 25.7 Å². The third kappa shape index (κ3) is 3.97. The zero-order valence-electron chi connectivity index (χ0n) is 26.3. The molecule has 0 N–H and O–H groups in total. The van der Waals surface area contributed by atoms with Crippen LogP contribution in [0.25, 0.3) is 49.7 Å². The lowest BCUT2D eigenvalue weighted by Gasteiger charge is -2.34. The second-order valence-electron chi connectivity index (χ2n) is 13.7. The topological polar surface area (TPSA) is 0 Å². The highest BCUT2D eigenvalue weighted by molar-refractivity contribution is 6.13. The Kier molecular flexibility index (Phi) is 6.07. The number of benzene rings is 5. The number of hydrogen-bond acceptors (Lipinski definition) is 0. The molecular weight excluding hydrogens is 528 g/mol. The summed E-state index contributed by atoms with van der Waals surface area (Å²) in [4.78, 5) is 0. The molecule has 0 spiro atoms. The number of rotatable bonds is 3. The Hall–Kier alpha value is -4.68. The summed E-state index contributed by atoms with van der Waals surface area (Å²) in [7, 11) is 0. The minimum atomic E-state index is 0.0756. The van der Waals surface area contributed by atoms with E-state index in [1.54, 1.807) is 0 Å². The number of allylic oxidation sites excluding steroid dienone is 8. The average Bonchev–Trinajstić information content (AvgIpc) is 3.35. The first kappa shape index (κ1) is 26.9. The van der Waals surface area contributed by atoms with Gasteiger partial charge < -0.3 is 0 Å². The van der Waals surface area contributed by atoms with Crippen molar-refractivity contribution in [2.45, 2.75) is 40.0 Å². The predicted molar refractivity (Wildman–Crippen MR) is 189 cm³/mol. The van der Waals surface area contributed by atoms with Crippen LogP contribution in [0.3, 0.4) is 0 Å². The van der Waals surface area contributed by atoms with Crippen molar-refractivity contribution in [3.8, 4) is 22.3 Å². The minimum Gasteiger partial charge on any atom is -0.0760 e. The van der Waals surface area contributed by atoms with Crippen molar-refractivity contribution in [3.05, 3.63) is 161 Å². The fraction of sp³-hybridized carbons (Fsp3) is 0.182. The van der Waals surface area contributed by atoms with Crippen LogP contribution in [0.5, 0.6) is 0 Å². The van der Waals surface area contributed by atoms with Crippen molar-refractivity contribution in [1.82, 2.24) is 0 Å². The lowest BCUT2D eigenvalue weighted by atomic mass is 9.69. The molecule has 5 aromatic rings. The van der Waals surface area contributed by atoms with Gasteiger partial charge in [-0.05, 0) is 115 Å². The molecule has 0 saturated heterocycles. The minimum absolute atomic E-state index is 0.0756. The van der Waals surface area contributed by atoms with Crippen molar-refractivity contribution < 1.29 is 0 Å². The molecule has 214 valence electrons. The molecule has 2 unspecified atom stereocenters. The molecule has 0 aliphatic heterocycles. The van der Waals surface area contributed by atoms with E-state index in [-0.39, 0.29) is 5.41 Å². The van der Waals surface area contributed by atoms with Gasteiger partial charge in [0.1, 0.15) is 0 Å². The third-order valence-corrected chi connectivity index (χ3v) is 10.2. The average molecular weight is 567 g/mol. The van der Waals surface area contributed by atoms with Gasteiger partial charge in [0.05, 0.1) is 0 Å². The smallest absolute Gasteiger partial charge is 0.0205 e. The van der Waals surface area contributed by atoms with E-state index < -0.39 is 0 Å². The Labute approximate surface area is 261 Å². The van der Waals surface area contributed by atoms with Crippen molar-refractivity contribution in [3.63, 3.8) is 0 Å². The molecule has 0 heteroatoms. The summed E-state index contributed by atoms with van der Waals surface area (Å²) >= 11 is 0. The predicted octanol–water partition coefficient (Wildman–Crippen LogP) is 11.8. The molecule has 0 nitrogen and oxygen atoms in total. The fourth-order valence-electron chi connectivity index (χ4n) is 8.12. The molecular formula is C44H38. The summed E-state index contributed by atoms with van der Waals surface area (Å²) in [5.74, 6) is 0.655. The van der Waals surface area contributed by atoms with Crippen LogP contribution < -0.4 is 0 Å². The normalized spacial score (nSPS) is 18.4. The third-order valence-electron chi connectivity index (χ3n) is 10.2. The van der Waals surface area contributed by atoms with Gasteiger partial charge in [-0.25, -0.2) is 0 Å². The Morgan fingerprint density at radius 2 is 1.02 bits per heavy atom. The van der Waals surface area contributed by atoms with Gasteiger partial charge in [-0.1, -0.05) is 136 Å². The molecule has 0 bridgehead atoms. The van der Waals surface area contributed by atoms with Crippen molar-refractivity contribution in [1.29, 1.82) is 0 Å². The van der Waals surface area contributed by atoms with Gasteiger partial charge in [-0.3, -0.25) is 0 Å². The highest BCUT2D eigenvalue weighted by Crippen LogP contribution is 2.58. The van der Waals surface area contributed by atoms with Crippen molar-refractivity contribution >= 4 is 27.5 Å². The first-order valence-corrected chi connectivity index (χ1v) is 16.0. The second-order valence-corrected chi connectivity index (χ2v) is 13.7. The van der Waals surface area contributed by atoms with E-state index in [4.69, 9.17) is 0 Å².